The van der Waals surface area contributed by atoms with Crippen LogP contribution in [0.1, 0.15) is 354 Å². The number of carbonyl (C=O) groups excluding carboxylic acids is 2. The molecule has 0 aliphatic heterocycles. The molecular weight excluding hydrogens is 945 g/mol. The van der Waals surface area contributed by atoms with Gasteiger partial charge in [-0.25, -0.2) is 0 Å². The molecule has 0 aromatic heterocycles. The summed E-state index contributed by atoms with van der Waals surface area (Å²) in [6, 6.07) is 0. The van der Waals surface area contributed by atoms with Crippen molar-refractivity contribution < 1.29 is 24.2 Å². The molecule has 0 aromatic carbocycles. The summed E-state index contributed by atoms with van der Waals surface area (Å²) >= 11 is 0. The largest absolute Gasteiger partial charge is 0.462 e. The summed E-state index contributed by atoms with van der Waals surface area (Å²) in [5.74, 6) is -0.587. The van der Waals surface area contributed by atoms with E-state index in [-0.39, 0.29) is 25.2 Å². The molecule has 1 N–H and O–H groups in total. The van der Waals surface area contributed by atoms with Crippen LogP contribution in [0.3, 0.4) is 0 Å². The van der Waals surface area contributed by atoms with Gasteiger partial charge in [0.15, 0.2) is 6.10 Å². The average Bonchev–Trinajstić information content (AvgIpc) is 3.43. The van der Waals surface area contributed by atoms with Crippen molar-refractivity contribution in [3.8, 4) is 0 Å². The number of aliphatic hydroxyl groups excluding tert-OH is 1. The van der Waals surface area contributed by atoms with Gasteiger partial charge in [-0.05, 0) is 64.2 Å². The molecule has 0 heterocycles. The van der Waals surface area contributed by atoms with E-state index in [9.17, 15) is 14.7 Å². The van der Waals surface area contributed by atoms with E-state index >= 15 is 0 Å². The van der Waals surface area contributed by atoms with Gasteiger partial charge in [0.05, 0.1) is 6.61 Å². The van der Waals surface area contributed by atoms with Crippen LogP contribution in [0.15, 0.2) is 72.9 Å². The van der Waals surface area contributed by atoms with Crippen LogP contribution in [0.25, 0.3) is 0 Å². The molecule has 0 bridgehead atoms. The second kappa shape index (κ2) is 67.6. The molecule has 77 heavy (non-hydrogen) atoms. The first-order valence-corrected chi connectivity index (χ1v) is 34.0. The number of rotatable bonds is 63. The first-order chi connectivity index (χ1) is 38.1. The molecule has 0 rings (SSSR count). The highest BCUT2D eigenvalue weighted by Gasteiger charge is 2.16. The maximum absolute atomic E-state index is 12.3. The maximum Gasteiger partial charge on any atom is 0.306 e. The molecule has 0 aliphatic carbocycles. The predicted molar refractivity (Wildman–Crippen MR) is 339 cm³/mol. The van der Waals surface area contributed by atoms with Crippen LogP contribution in [0.2, 0.25) is 0 Å². The number of unbranched alkanes of at least 4 members (excludes halogenated alkanes) is 43. The number of esters is 2. The van der Waals surface area contributed by atoms with E-state index in [0.717, 1.165) is 83.5 Å². The van der Waals surface area contributed by atoms with Crippen molar-refractivity contribution in [2.45, 2.75) is 360 Å². The SMILES string of the molecule is CC/C=C\C/C=C\C/C=C\C/C=C\C/C=C\C/C=C\CCCCCCCCCCC(=O)OC(CO)COC(=O)CCCCCCCCCCCCCCCCCCCCCCCCCCCCCCCCCCCCCC. The Hall–Kier alpha value is -2.66. The number of carbonyl (C=O) groups is 2. The number of hydrogen-bond acceptors (Lipinski definition) is 5. The lowest BCUT2D eigenvalue weighted by atomic mass is 10.0. The lowest BCUT2D eigenvalue weighted by Crippen LogP contribution is -2.28. The maximum atomic E-state index is 12.3. The van der Waals surface area contributed by atoms with E-state index in [1.165, 1.54) is 244 Å². The summed E-state index contributed by atoms with van der Waals surface area (Å²) in [7, 11) is 0. The molecule has 5 nitrogen and oxygen atoms in total. The van der Waals surface area contributed by atoms with Gasteiger partial charge >= 0.3 is 11.9 Å². The van der Waals surface area contributed by atoms with Crippen molar-refractivity contribution in [2.75, 3.05) is 13.2 Å². The molecule has 5 heteroatoms. The van der Waals surface area contributed by atoms with E-state index < -0.39 is 6.10 Å². The topological polar surface area (TPSA) is 72.8 Å². The van der Waals surface area contributed by atoms with Gasteiger partial charge in [-0.3, -0.25) is 9.59 Å². The summed E-state index contributed by atoms with van der Waals surface area (Å²) in [5, 5.41) is 9.69. The molecular formula is C72H130O5. The van der Waals surface area contributed by atoms with Crippen LogP contribution in [0.4, 0.5) is 0 Å². The third kappa shape index (κ3) is 65.8. The minimum Gasteiger partial charge on any atom is -0.462 e. The van der Waals surface area contributed by atoms with Gasteiger partial charge < -0.3 is 14.6 Å². The standard InChI is InChI=1S/C72H130O5/c1-3-5-7-9-11-13-15-17-19-21-23-25-27-29-31-32-33-34-35-36-37-38-39-41-42-44-46-48-50-52-54-56-58-60-62-64-66-71(74)76-69-70(68-73)77-72(75)67-65-63-61-59-57-55-53-51-49-47-45-43-40-30-28-26-24-22-20-18-16-14-12-10-8-6-4-2/h6,8,12,14,18,20,24,26,30,40,45,47,70,73H,3-5,7,9-11,13,15-17,19,21-23,25,27-29,31-39,41-44,46,48-69H2,1-2H3/b8-6-,14-12-,20-18-,26-24-,40-30-,47-45-. The van der Waals surface area contributed by atoms with Crippen LogP contribution in [-0.2, 0) is 19.1 Å². The van der Waals surface area contributed by atoms with Crippen LogP contribution in [0.5, 0.6) is 0 Å². The number of hydrogen-bond donors (Lipinski definition) is 1. The van der Waals surface area contributed by atoms with Crippen molar-refractivity contribution >= 4 is 11.9 Å². The molecule has 0 radical (unpaired) electrons. The van der Waals surface area contributed by atoms with Gasteiger partial charge in [0, 0.05) is 12.8 Å². The highest BCUT2D eigenvalue weighted by atomic mass is 16.6. The van der Waals surface area contributed by atoms with Crippen molar-refractivity contribution in [3.63, 3.8) is 0 Å². The molecule has 0 saturated heterocycles. The van der Waals surface area contributed by atoms with Crippen LogP contribution >= 0.6 is 0 Å². The van der Waals surface area contributed by atoms with E-state index in [1.54, 1.807) is 0 Å². The third-order valence-electron chi connectivity index (χ3n) is 15.3. The van der Waals surface area contributed by atoms with Gasteiger partial charge in [-0.15, -0.1) is 0 Å². The summed E-state index contributed by atoms with van der Waals surface area (Å²) in [6.45, 7) is 4.07. The lowest BCUT2D eigenvalue weighted by molar-refractivity contribution is -0.161. The number of aliphatic hydroxyl groups is 1. The Kier molecular flexibility index (Phi) is 65.3. The van der Waals surface area contributed by atoms with Gasteiger partial charge in [0.2, 0.25) is 0 Å². The molecule has 0 aliphatic rings. The fourth-order valence-corrected chi connectivity index (χ4v) is 10.2. The molecule has 0 amide bonds. The Bertz CT molecular complexity index is 1360. The fourth-order valence-electron chi connectivity index (χ4n) is 10.2. The van der Waals surface area contributed by atoms with E-state index in [1.807, 2.05) is 0 Å². The predicted octanol–water partition coefficient (Wildman–Crippen LogP) is 23.5. The molecule has 0 aromatic rings. The smallest absolute Gasteiger partial charge is 0.306 e. The normalized spacial score (nSPS) is 12.6. The van der Waals surface area contributed by atoms with Crippen LogP contribution in [-0.4, -0.2) is 36.4 Å². The van der Waals surface area contributed by atoms with Crippen molar-refractivity contribution in [3.05, 3.63) is 72.9 Å². The molecule has 0 fully saturated rings. The van der Waals surface area contributed by atoms with Crippen LogP contribution < -0.4 is 0 Å². The zero-order chi connectivity index (χ0) is 55.5. The van der Waals surface area contributed by atoms with Gasteiger partial charge in [-0.2, -0.15) is 0 Å². The summed E-state index contributed by atoms with van der Waals surface area (Å²) in [4.78, 5) is 24.6. The lowest BCUT2D eigenvalue weighted by Gasteiger charge is -2.15. The van der Waals surface area contributed by atoms with Gasteiger partial charge in [0.1, 0.15) is 6.61 Å². The second-order valence-electron chi connectivity index (χ2n) is 22.9. The summed E-state index contributed by atoms with van der Waals surface area (Å²) in [5.41, 5.74) is 0. The molecule has 0 spiro atoms. The zero-order valence-corrected chi connectivity index (χ0v) is 51.5. The van der Waals surface area contributed by atoms with Crippen molar-refractivity contribution in [2.24, 2.45) is 0 Å². The average molecular weight is 1080 g/mol. The van der Waals surface area contributed by atoms with Crippen molar-refractivity contribution in [1.82, 2.24) is 0 Å². The minimum absolute atomic E-state index is 0.0686. The van der Waals surface area contributed by atoms with Gasteiger partial charge in [-0.1, -0.05) is 350 Å². The summed E-state index contributed by atoms with van der Waals surface area (Å²) < 4.78 is 10.7. The molecule has 1 unspecified atom stereocenters. The molecule has 448 valence electrons. The van der Waals surface area contributed by atoms with E-state index in [2.05, 4.69) is 86.8 Å². The Morgan fingerprint density at radius 1 is 0.312 bits per heavy atom. The molecule has 0 saturated carbocycles. The zero-order valence-electron chi connectivity index (χ0n) is 51.5. The van der Waals surface area contributed by atoms with Crippen molar-refractivity contribution in [1.29, 1.82) is 0 Å². The first-order valence-electron chi connectivity index (χ1n) is 34.0. The Morgan fingerprint density at radius 2 is 0.558 bits per heavy atom. The first kappa shape index (κ1) is 74.3. The highest BCUT2D eigenvalue weighted by molar-refractivity contribution is 5.70. The number of ether oxygens (including phenoxy) is 2. The van der Waals surface area contributed by atoms with Gasteiger partial charge in [0.25, 0.3) is 0 Å². The Labute approximate surface area is 480 Å². The quantitative estimate of drug-likeness (QED) is 0.0373. The number of allylic oxidation sites excluding steroid dienone is 12. The monoisotopic (exact) mass is 1070 g/mol. The second-order valence-corrected chi connectivity index (χ2v) is 22.9. The minimum atomic E-state index is -0.780. The third-order valence-corrected chi connectivity index (χ3v) is 15.3. The fraction of sp³-hybridized carbons (Fsp3) is 0.806. The highest BCUT2D eigenvalue weighted by Crippen LogP contribution is 2.18. The summed E-state index contributed by atoms with van der Waals surface area (Å²) in [6.07, 6.45) is 93.6. The Morgan fingerprint density at radius 3 is 0.844 bits per heavy atom. The Balaban J connectivity index is 3.43. The van der Waals surface area contributed by atoms with Crippen LogP contribution in [0, 0.1) is 0 Å². The van der Waals surface area contributed by atoms with E-state index in [0.29, 0.717) is 12.8 Å². The van der Waals surface area contributed by atoms with E-state index in [4.69, 9.17) is 9.47 Å². The molecule has 1 atom stereocenters.